The van der Waals surface area contributed by atoms with Gasteiger partial charge in [0.25, 0.3) is 0 Å². The number of piperazine rings is 1. The van der Waals surface area contributed by atoms with E-state index in [1.807, 2.05) is 20.0 Å². The molecule has 0 aliphatic carbocycles. The average molecular weight is 303 g/mol. The largest absolute Gasteiger partial charge is 0.354 e. The van der Waals surface area contributed by atoms with E-state index < -0.39 is 0 Å². The third-order valence-corrected chi connectivity index (χ3v) is 4.89. The van der Waals surface area contributed by atoms with Crippen molar-refractivity contribution in [1.29, 1.82) is 0 Å². The molecule has 2 aromatic rings. The lowest BCUT2D eigenvalue weighted by atomic mass is 10.2. The quantitative estimate of drug-likeness (QED) is 0.871. The third kappa shape index (κ3) is 3.22. The van der Waals surface area contributed by atoms with E-state index in [1.54, 1.807) is 11.3 Å². The summed E-state index contributed by atoms with van der Waals surface area (Å²) in [6, 6.07) is 2.48. The summed E-state index contributed by atoms with van der Waals surface area (Å²) in [7, 11) is 0. The molecule has 0 radical (unpaired) electrons. The summed E-state index contributed by atoms with van der Waals surface area (Å²) in [4.78, 5) is 18.2. The van der Waals surface area contributed by atoms with Crippen LogP contribution in [0.3, 0.4) is 0 Å². The van der Waals surface area contributed by atoms with E-state index in [-0.39, 0.29) is 0 Å². The van der Waals surface area contributed by atoms with Crippen LogP contribution in [0.5, 0.6) is 0 Å². The maximum absolute atomic E-state index is 4.56. The van der Waals surface area contributed by atoms with Gasteiger partial charge in [0.1, 0.15) is 16.6 Å². The zero-order valence-corrected chi connectivity index (χ0v) is 13.6. The fraction of sp³-hybridized carbons (Fsp3) is 0.533. The SMILES string of the molecule is Cc1cc(N2CCN(C(C)c3nccs3)CC2)nc(C)n1. The van der Waals surface area contributed by atoms with Crippen molar-refractivity contribution < 1.29 is 0 Å². The zero-order valence-electron chi connectivity index (χ0n) is 12.8. The normalized spacial score (nSPS) is 18.0. The fourth-order valence-electron chi connectivity index (χ4n) is 2.79. The van der Waals surface area contributed by atoms with Crippen LogP contribution in [0.15, 0.2) is 17.6 Å². The van der Waals surface area contributed by atoms with Crippen LogP contribution < -0.4 is 4.90 Å². The number of hydrogen-bond acceptors (Lipinski definition) is 6. The van der Waals surface area contributed by atoms with Crippen LogP contribution in [-0.2, 0) is 0 Å². The molecule has 0 N–H and O–H groups in total. The predicted molar refractivity (Wildman–Crippen MR) is 85.8 cm³/mol. The third-order valence-electron chi connectivity index (χ3n) is 3.95. The van der Waals surface area contributed by atoms with Gasteiger partial charge in [-0.2, -0.15) is 0 Å². The molecule has 0 bridgehead atoms. The van der Waals surface area contributed by atoms with Gasteiger partial charge in [-0.05, 0) is 20.8 Å². The fourth-order valence-corrected chi connectivity index (χ4v) is 3.52. The summed E-state index contributed by atoms with van der Waals surface area (Å²) in [5, 5.41) is 3.26. The van der Waals surface area contributed by atoms with Gasteiger partial charge in [0, 0.05) is 49.5 Å². The average Bonchev–Trinajstić information content (AvgIpc) is 3.00. The minimum atomic E-state index is 0.404. The second kappa shape index (κ2) is 6.07. The van der Waals surface area contributed by atoms with Gasteiger partial charge in [-0.1, -0.05) is 0 Å². The molecule has 3 heterocycles. The Labute approximate surface area is 129 Å². The molecule has 112 valence electrons. The van der Waals surface area contributed by atoms with Gasteiger partial charge in [-0.3, -0.25) is 4.90 Å². The predicted octanol–water partition coefficient (Wildman–Crippen LogP) is 2.43. The highest BCUT2D eigenvalue weighted by Crippen LogP contribution is 2.24. The lowest BCUT2D eigenvalue weighted by Gasteiger charge is -2.38. The van der Waals surface area contributed by atoms with Crippen molar-refractivity contribution in [3.8, 4) is 0 Å². The Hall–Kier alpha value is -1.53. The first-order chi connectivity index (χ1) is 10.1. The van der Waals surface area contributed by atoms with Crippen LogP contribution in [0.4, 0.5) is 5.82 Å². The smallest absolute Gasteiger partial charge is 0.132 e. The molecule has 0 aromatic carbocycles. The molecule has 0 saturated carbocycles. The minimum absolute atomic E-state index is 0.404. The number of thiazole rings is 1. The molecular weight excluding hydrogens is 282 g/mol. The zero-order chi connectivity index (χ0) is 14.8. The number of aromatic nitrogens is 3. The summed E-state index contributed by atoms with van der Waals surface area (Å²) in [5.74, 6) is 1.91. The Morgan fingerprint density at radius 1 is 1.14 bits per heavy atom. The topological polar surface area (TPSA) is 45.2 Å². The van der Waals surface area contributed by atoms with Gasteiger partial charge in [-0.15, -0.1) is 11.3 Å². The molecular formula is C15H21N5S. The van der Waals surface area contributed by atoms with Gasteiger partial charge in [0.2, 0.25) is 0 Å². The lowest BCUT2D eigenvalue weighted by Crippen LogP contribution is -2.47. The molecule has 21 heavy (non-hydrogen) atoms. The van der Waals surface area contributed by atoms with Crippen molar-refractivity contribution in [3.05, 3.63) is 34.2 Å². The summed E-state index contributed by atoms with van der Waals surface area (Å²) >= 11 is 1.74. The van der Waals surface area contributed by atoms with Gasteiger partial charge in [0.05, 0.1) is 6.04 Å². The second-order valence-corrected chi connectivity index (χ2v) is 6.41. The highest BCUT2D eigenvalue weighted by atomic mass is 32.1. The van der Waals surface area contributed by atoms with E-state index in [1.165, 1.54) is 5.01 Å². The molecule has 1 fully saturated rings. The Morgan fingerprint density at radius 2 is 1.90 bits per heavy atom. The first-order valence-corrected chi connectivity index (χ1v) is 8.22. The van der Waals surface area contributed by atoms with Crippen LogP contribution in [-0.4, -0.2) is 46.0 Å². The molecule has 0 amide bonds. The van der Waals surface area contributed by atoms with Crippen LogP contribution in [0.25, 0.3) is 0 Å². The maximum atomic E-state index is 4.56. The molecule has 3 rings (SSSR count). The number of anilines is 1. The van der Waals surface area contributed by atoms with Crippen molar-refractivity contribution in [3.63, 3.8) is 0 Å². The van der Waals surface area contributed by atoms with Crippen LogP contribution in [0.2, 0.25) is 0 Å². The van der Waals surface area contributed by atoms with E-state index >= 15 is 0 Å². The molecule has 1 atom stereocenters. The highest BCUT2D eigenvalue weighted by molar-refractivity contribution is 7.09. The lowest BCUT2D eigenvalue weighted by molar-refractivity contribution is 0.198. The van der Waals surface area contributed by atoms with Crippen LogP contribution >= 0.6 is 11.3 Å². The van der Waals surface area contributed by atoms with E-state index in [0.29, 0.717) is 6.04 Å². The van der Waals surface area contributed by atoms with E-state index in [9.17, 15) is 0 Å². The monoisotopic (exact) mass is 303 g/mol. The molecule has 2 aromatic heterocycles. The standard InChI is InChI=1S/C15H21N5S/c1-11-10-14(18-13(3)17-11)20-7-5-19(6-8-20)12(2)15-16-4-9-21-15/h4,9-10,12H,5-8H2,1-3H3. The first-order valence-electron chi connectivity index (χ1n) is 7.34. The van der Waals surface area contributed by atoms with Crippen molar-refractivity contribution in [1.82, 2.24) is 19.9 Å². The van der Waals surface area contributed by atoms with Gasteiger partial charge < -0.3 is 4.90 Å². The van der Waals surface area contributed by atoms with Crippen molar-refractivity contribution in [2.45, 2.75) is 26.8 Å². The van der Waals surface area contributed by atoms with Crippen LogP contribution in [0, 0.1) is 13.8 Å². The first kappa shape index (κ1) is 14.4. The number of aryl methyl sites for hydroxylation is 2. The molecule has 1 unspecified atom stereocenters. The Kier molecular flexibility index (Phi) is 4.17. The maximum Gasteiger partial charge on any atom is 0.132 e. The summed E-state index contributed by atoms with van der Waals surface area (Å²) in [5.41, 5.74) is 1.04. The van der Waals surface area contributed by atoms with Gasteiger partial charge in [0.15, 0.2) is 0 Å². The molecule has 1 saturated heterocycles. The van der Waals surface area contributed by atoms with Crippen molar-refractivity contribution in [2.24, 2.45) is 0 Å². The molecule has 6 heteroatoms. The number of nitrogens with zero attached hydrogens (tertiary/aromatic N) is 5. The highest BCUT2D eigenvalue weighted by Gasteiger charge is 2.24. The van der Waals surface area contributed by atoms with E-state index in [2.05, 4.69) is 43.1 Å². The van der Waals surface area contributed by atoms with Crippen LogP contribution in [0.1, 0.15) is 29.5 Å². The Bertz CT molecular complexity index is 570. The van der Waals surface area contributed by atoms with E-state index in [4.69, 9.17) is 0 Å². The Morgan fingerprint density at radius 3 is 2.52 bits per heavy atom. The van der Waals surface area contributed by atoms with Gasteiger partial charge in [-0.25, -0.2) is 15.0 Å². The minimum Gasteiger partial charge on any atom is -0.354 e. The molecule has 5 nitrogen and oxygen atoms in total. The molecule has 1 aliphatic rings. The van der Waals surface area contributed by atoms with Gasteiger partial charge >= 0.3 is 0 Å². The molecule has 1 aliphatic heterocycles. The van der Waals surface area contributed by atoms with Crippen molar-refractivity contribution in [2.75, 3.05) is 31.1 Å². The van der Waals surface area contributed by atoms with Crippen molar-refractivity contribution >= 4 is 17.2 Å². The Balaban J connectivity index is 1.65. The number of rotatable bonds is 3. The summed E-state index contributed by atoms with van der Waals surface area (Å²) < 4.78 is 0. The second-order valence-electron chi connectivity index (χ2n) is 5.48. The number of hydrogen-bond donors (Lipinski definition) is 0. The summed E-state index contributed by atoms with van der Waals surface area (Å²) in [6.45, 7) is 10.3. The summed E-state index contributed by atoms with van der Waals surface area (Å²) in [6.07, 6.45) is 1.89. The molecule has 0 spiro atoms. The van der Waals surface area contributed by atoms with E-state index in [0.717, 1.165) is 43.5 Å².